The number of allylic oxidation sites excluding steroid dienone is 4. The van der Waals surface area contributed by atoms with E-state index in [0.717, 1.165) is 23.9 Å². The number of hydrogen-bond donors (Lipinski definition) is 2. The van der Waals surface area contributed by atoms with Gasteiger partial charge in [0.2, 0.25) is 5.91 Å². The first-order valence-electron chi connectivity index (χ1n) is 6.94. The van der Waals surface area contributed by atoms with Gasteiger partial charge in [-0.15, -0.1) is 0 Å². The predicted octanol–water partition coefficient (Wildman–Crippen LogP) is 1.57. The van der Waals surface area contributed by atoms with Gasteiger partial charge >= 0.3 is 0 Å². The Kier molecular flexibility index (Phi) is 4.10. The Bertz CT molecular complexity index is 779. The quantitative estimate of drug-likeness (QED) is 0.639. The minimum absolute atomic E-state index is 0.277. The van der Waals surface area contributed by atoms with E-state index < -0.39 is 0 Å². The van der Waals surface area contributed by atoms with E-state index in [1.807, 2.05) is 6.08 Å². The summed E-state index contributed by atoms with van der Waals surface area (Å²) >= 11 is 1.35. The summed E-state index contributed by atoms with van der Waals surface area (Å²) in [5, 5.41) is 5.60. The lowest BCUT2D eigenvalue weighted by Gasteiger charge is -2.08. The van der Waals surface area contributed by atoms with Crippen LogP contribution in [-0.4, -0.2) is 31.4 Å². The highest BCUT2D eigenvalue weighted by Crippen LogP contribution is 2.25. The molecule has 0 aromatic carbocycles. The summed E-state index contributed by atoms with van der Waals surface area (Å²) in [6.45, 7) is 0. The first-order valence-corrected chi connectivity index (χ1v) is 7.93. The number of nitrogens with zero attached hydrogens (tertiary/aromatic N) is 4. The molecule has 4 N–H and O–H groups in total. The number of amides is 1. The van der Waals surface area contributed by atoms with Crippen molar-refractivity contribution in [2.45, 2.75) is 24.4 Å². The summed E-state index contributed by atoms with van der Waals surface area (Å²) in [6, 6.07) is 0. The van der Waals surface area contributed by atoms with Crippen molar-refractivity contribution in [3.8, 4) is 0 Å². The maximum Gasteiger partial charge on any atom is 0.218 e. The molecule has 0 saturated heterocycles. The topological polar surface area (TPSA) is 113 Å². The molecular formula is C14H16N6OS. The largest absolute Gasteiger partial charge is 0.383 e. The highest BCUT2D eigenvalue weighted by Gasteiger charge is 2.13. The van der Waals surface area contributed by atoms with Crippen molar-refractivity contribution in [2.24, 2.45) is 5.73 Å². The summed E-state index contributed by atoms with van der Waals surface area (Å²) < 4.78 is 1.77. The zero-order valence-electron chi connectivity index (χ0n) is 11.9. The molecule has 0 fully saturated rings. The van der Waals surface area contributed by atoms with Gasteiger partial charge in [-0.25, -0.2) is 14.6 Å². The van der Waals surface area contributed by atoms with Crippen LogP contribution in [0.4, 0.5) is 5.82 Å². The van der Waals surface area contributed by atoms with E-state index in [-0.39, 0.29) is 12.3 Å². The number of carbonyl (C=O) groups excluding carboxylic acids is 1. The minimum atomic E-state index is -0.343. The zero-order chi connectivity index (χ0) is 15.5. The maximum absolute atomic E-state index is 10.8. The van der Waals surface area contributed by atoms with E-state index in [0.29, 0.717) is 22.4 Å². The van der Waals surface area contributed by atoms with Gasteiger partial charge in [0.15, 0.2) is 10.8 Å². The van der Waals surface area contributed by atoms with Crippen molar-refractivity contribution < 1.29 is 4.79 Å². The summed E-state index contributed by atoms with van der Waals surface area (Å²) in [5.41, 5.74) is 12.8. The number of aromatic nitrogens is 4. The van der Waals surface area contributed by atoms with Crippen LogP contribution < -0.4 is 11.5 Å². The van der Waals surface area contributed by atoms with Crippen molar-refractivity contribution in [2.75, 3.05) is 11.5 Å². The van der Waals surface area contributed by atoms with Crippen LogP contribution >= 0.6 is 11.8 Å². The molecular weight excluding hydrogens is 300 g/mol. The Balaban J connectivity index is 1.94. The lowest BCUT2D eigenvalue weighted by Crippen LogP contribution is -2.11. The summed E-state index contributed by atoms with van der Waals surface area (Å²) in [6.07, 6.45) is 10.2. The molecule has 0 atom stereocenters. The highest BCUT2D eigenvalue weighted by molar-refractivity contribution is 7.99. The average molecular weight is 316 g/mol. The second-order valence-electron chi connectivity index (χ2n) is 4.86. The molecule has 0 bridgehead atoms. The number of thioether (sulfide) groups is 1. The third kappa shape index (κ3) is 2.96. The van der Waals surface area contributed by atoms with Crippen molar-refractivity contribution in [1.29, 1.82) is 0 Å². The number of fused-ring (bicyclic) bond motifs is 1. The van der Waals surface area contributed by atoms with E-state index in [9.17, 15) is 4.79 Å². The molecule has 0 radical (unpaired) electrons. The number of carbonyl (C=O) groups is 1. The fraction of sp³-hybridized carbons (Fsp3) is 0.286. The van der Waals surface area contributed by atoms with Crippen LogP contribution in [0.5, 0.6) is 0 Å². The molecule has 1 aliphatic carbocycles. The first kappa shape index (κ1) is 14.6. The summed E-state index contributed by atoms with van der Waals surface area (Å²) in [5.74, 6) is 0.569. The Hall–Kier alpha value is -2.35. The van der Waals surface area contributed by atoms with Crippen LogP contribution in [-0.2, 0) is 4.79 Å². The van der Waals surface area contributed by atoms with Gasteiger partial charge in [0.1, 0.15) is 5.82 Å². The molecule has 0 spiro atoms. The van der Waals surface area contributed by atoms with Crippen LogP contribution in [0.3, 0.4) is 0 Å². The second-order valence-corrected chi connectivity index (χ2v) is 5.92. The number of anilines is 1. The summed E-state index contributed by atoms with van der Waals surface area (Å²) in [4.78, 5) is 19.6. The molecule has 7 nitrogen and oxygen atoms in total. The molecule has 22 heavy (non-hydrogen) atoms. The molecule has 1 amide bonds. The predicted molar refractivity (Wildman–Crippen MR) is 86.9 cm³/mol. The Labute approximate surface area is 131 Å². The summed E-state index contributed by atoms with van der Waals surface area (Å²) in [7, 11) is 0. The second kappa shape index (κ2) is 6.18. The van der Waals surface area contributed by atoms with Crippen LogP contribution in [0.2, 0.25) is 0 Å². The fourth-order valence-corrected chi connectivity index (χ4v) is 2.96. The van der Waals surface area contributed by atoms with Crippen molar-refractivity contribution in [3.05, 3.63) is 24.4 Å². The lowest BCUT2D eigenvalue weighted by molar-refractivity contribution is -0.117. The molecule has 2 aromatic heterocycles. The van der Waals surface area contributed by atoms with E-state index in [2.05, 4.69) is 27.2 Å². The fourth-order valence-electron chi connectivity index (χ4n) is 2.16. The van der Waals surface area contributed by atoms with Gasteiger partial charge in [0, 0.05) is 12.2 Å². The standard InChI is InChI=1S/C14H16N6OS/c15-11(21)6-7-22-14-18-12(16)10-8-17-20(13(10)19-14)9-4-2-1-3-5-9/h2,4-5,8H,1,3,6-7H2,(H2,15,21)(H2,16,18,19). The van der Waals surface area contributed by atoms with E-state index >= 15 is 0 Å². The van der Waals surface area contributed by atoms with Gasteiger partial charge in [0.25, 0.3) is 0 Å². The smallest absolute Gasteiger partial charge is 0.218 e. The molecule has 2 heterocycles. The normalized spacial score (nSPS) is 14.3. The maximum atomic E-state index is 10.8. The molecule has 1 aliphatic rings. The van der Waals surface area contributed by atoms with Crippen molar-refractivity contribution in [1.82, 2.24) is 19.7 Å². The minimum Gasteiger partial charge on any atom is -0.383 e. The SMILES string of the molecule is NC(=O)CCSc1nc(N)c2cnn(C3=CCCC=C3)c2n1. The number of nitrogens with two attached hydrogens (primary N) is 2. The number of hydrogen-bond acceptors (Lipinski definition) is 6. The van der Waals surface area contributed by atoms with Crippen molar-refractivity contribution in [3.63, 3.8) is 0 Å². The van der Waals surface area contributed by atoms with Gasteiger partial charge in [-0.2, -0.15) is 5.10 Å². The van der Waals surface area contributed by atoms with Gasteiger partial charge in [-0.1, -0.05) is 23.9 Å². The van der Waals surface area contributed by atoms with Crippen LogP contribution in [0.1, 0.15) is 19.3 Å². The van der Waals surface area contributed by atoms with Gasteiger partial charge in [-0.05, 0) is 18.9 Å². The van der Waals surface area contributed by atoms with E-state index in [1.165, 1.54) is 11.8 Å². The third-order valence-electron chi connectivity index (χ3n) is 3.24. The average Bonchev–Trinajstić information content (AvgIpc) is 2.92. The molecule has 0 unspecified atom stereocenters. The first-order chi connectivity index (χ1) is 10.6. The van der Waals surface area contributed by atoms with Crippen LogP contribution in [0.15, 0.2) is 29.6 Å². The molecule has 2 aromatic rings. The van der Waals surface area contributed by atoms with Gasteiger partial charge in [-0.3, -0.25) is 4.79 Å². The molecule has 114 valence electrons. The number of nitrogen functional groups attached to an aromatic ring is 1. The lowest BCUT2D eigenvalue weighted by atomic mass is 10.1. The van der Waals surface area contributed by atoms with Crippen LogP contribution in [0.25, 0.3) is 16.7 Å². The number of rotatable bonds is 5. The zero-order valence-corrected chi connectivity index (χ0v) is 12.7. The van der Waals surface area contributed by atoms with Gasteiger partial charge < -0.3 is 11.5 Å². The monoisotopic (exact) mass is 316 g/mol. The molecule has 8 heteroatoms. The molecule has 0 saturated carbocycles. The Morgan fingerprint density at radius 2 is 2.23 bits per heavy atom. The van der Waals surface area contributed by atoms with Gasteiger partial charge in [0.05, 0.1) is 17.3 Å². The third-order valence-corrected chi connectivity index (χ3v) is 4.09. The van der Waals surface area contributed by atoms with Crippen molar-refractivity contribution >= 4 is 40.2 Å². The van der Waals surface area contributed by atoms with E-state index in [1.54, 1.807) is 10.9 Å². The van der Waals surface area contributed by atoms with Crippen LogP contribution in [0, 0.1) is 0 Å². The Morgan fingerprint density at radius 3 is 2.95 bits per heavy atom. The Morgan fingerprint density at radius 1 is 1.36 bits per heavy atom. The highest BCUT2D eigenvalue weighted by atomic mass is 32.2. The molecule has 3 rings (SSSR count). The van der Waals surface area contributed by atoms with E-state index in [4.69, 9.17) is 11.5 Å². The molecule has 0 aliphatic heterocycles. The number of primary amides is 1.